The largest absolute Gasteiger partial charge is 0.497 e. The van der Waals surface area contributed by atoms with E-state index < -0.39 is 5.91 Å². The predicted molar refractivity (Wildman–Crippen MR) is 62.0 cm³/mol. The van der Waals surface area contributed by atoms with E-state index in [0.29, 0.717) is 11.4 Å². The predicted octanol–water partition coefficient (Wildman–Crippen LogP) is -0.0234. The first-order valence-corrected chi connectivity index (χ1v) is 4.60. The molecule has 4 N–H and O–H groups in total. The number of anilines is 1. The number of methoxy groups -OCH3 is 1. The number of hydrazine groups is 1. The van der Waals surface area contributed by atoms with E-state index in [1.54, 1.807) is 37.4 Å². The van der Waals surface area contributed by atoms with Crippen LogP contribution >= 0.6 is 0 Å². The number of rotatable bonds is 4. The first-order chi connectivity index (χ1) is 8.21. The number of benzene rings is 1. The van der Waals surface area contributed by atoms with Crippen LogP contribution in [0.1, 0.15) is 0 Å². The molecule has 7 nitrogen and oxygen atoms in total. The third kappa shape index (κ3) is 3.48. The van der Waals surface area contributed by atoms with Gasteiger partial charge in [0.1, 0.15) is 11.8 Å². The second kappa shape index (κ2) is 6.09. The molecule has 0 heterocycles. The summed E-state index contributed by atoms with van der Waals surface area (Å²) in [5.74, 6) is 4.82. The van der Waals surface area contributed by atoms with Crippen molar-refractivity contribution >= 4 is 17.3 Å². The van der Waals surface area contributed by atoms with Gasteiger partial charge >= 0.3 is 0 Å². The lowest BCUT2D eigenvalue weighted by Gasteiger charge is -2.02. The molecular formula is C10H11N5O2. The van der Waals surface area contributed by atoms with Crippen molar-refractivity contribution in [3.05, 3.63) is 24.3 Å². The lowest BCUT2D eigenvalue weighted by atomic mass is 10.3. The third-order valence-electron chi connectivity index (χ3n) is 1.84. The molecule has 0 aliphatic rings. The Kier molecular flexibility index (Phi) is 4.47. The topological polar surface area (TPSA) is 113 Å². The van der Waals surface area contributed by atoms with Crippen LogP contribution in [0, 0.1) is 11.3 Å². The molecule has 0 saturated heterocycles. The minimum Gasteiger partial charge on any atom is -0.497 e. The molecule has 0 aliphatic carbocycles. The van der Waals surface area contributed by atoms with Gasteiger partial charge in [0.15, 0.2) is 0 Å². The summed E-state index contributed by atoms with van der Waals surface area (Å²) in [4.78, 5) is 11.0. The summed E-state index contributed by atoms with van der Waals surface area (Å²) in [6, 6.07) is 8.43. The molecule has 1 amide bonds. The van der Waals surface area contributed by atoms with Gasteiger partial charge in [0.25, 0.3) is 5.91 Å². The smallest absolute Gasteiger partial charge is 0.296 e. The molecule has 0 aromatic heterocycles. The van der Waals surface area contributed by atoms with Crippen molar-refractivity contribution in [2.75, 3.05) is 12.5 Å². The Morgan fingerprint density at radius 2 is 2.12 bits per heavy atom. The van der Waals surface area contributed by atoms with Crippen LogP contribution in [-0.2, 0) is 4.79 Å². The first-order valence-electron chi connectivity index (χ1n) is 4.60. The maximum absolute atomic E-state index is 11.0. The van der Waals surface area contributed by atoms with Crippen molar-refractivity contribution in [1.82, 2.24) is 5.43 Å². The van der Waals surface area contributed by atoms with Crippen LogP contribution in [0.4, 0.5) is 5.69 Å². The van der Waals surface area contributed by atoms with Crippen molar-refractivity contribution < 1.29 is 9.53 Å². The molecule has 0 radical (unpaired) electrons. The fourth-order valence-corrected chi connectivity index (χ4v) is 0.981. The van der Waals surface area contributed by atoms with Gasteiger partial charge in [-0.1, -0.05) is 0 Å². The van der Waals surface area contributed by atoms with E-state index in [0.717, 1.165) is 0 Å². The van der Waals surface area contributed by atoms with Crippen molar-refractivity contribution in [2.45, 2.75) is 0 Å². The van der Waals surface area contributed by atoms with Crippen LogP contribution in [0.15, 0.2) is 29.4 Å². The van der Waals surface area contributed by atoms with Crippen LogP contribution in [0.2, 0.25) is 0 Å². The van der Waals surface area contributed by atoms with Gasteiger partial charge in [0, 0.05) is 0 Å². The molecule has 17 heavy (non-hydrogen) atoms. The zero-order valence-corrected chi connectivity index (χ0v) is 9.10. The van der Waals surface area contributed by atoms with E-state index in [2.05, 4.69) is 10.5 Å². The van der Waals surface area contributed by atoms with Gasteiger partial charge in [-0.2, -0.15) is 10.4 Å². The number of carbonyl (C=O) groups is 1. The summed E-state index contributed by atoms with van der Waals surface area (Å²) in [5, 5.41) is 12.2. The van der Waals surface area contributed by atoms with Gasteiger partial charge in [-0.15, -0.1) is 0 Å². The van der Waals surface area contributed by atoms with Crippen LogP contribution in [0.3, 0.4) is 0 Å². The Morgan fingerprint density at radius 1 is 1.47 bits per heavy atom. The molecule has 0 spiro atoms. The van der Waals surface area contributed by atoms with Gasteiger partial charge in [-0.05, 0) is 24.3 Å². The minimum absolute atomic E-state index is 0.358. The molecule has 1 rings (SSSR count). The summed E-state index contributed by atoms with van der Waals surface area (Å²) in [6.07, 6.45) is 0. The third-order valence-corrected chi connectivity index (χ3v) is 1.84. The lowest BCUT2D eigenvalue weighted by Crippen LogP contribution is -2.36. The highest BCUT2D eigenvalue weighted by atomic mass is 16.5. The number of nitrogens with one attached hydrogen (secondary N) is 2. The number of hydrogen-bond acceptors (Lipinski definition) is 6. The van der Waals surface area contributed by atoms with Crippen LogP contribution in [0.5, 0.6) is 5.75 Å². The monoisotopic (exact) mass is 233 g/mol. The molecule has 0 aliphatic heterocycles. The van der Waals surface area contributed by atoms with E-state index >= 15 is 0 Å². The molecule has 0 saturated carbocycles. The summed E-state index contributed by atoms with van der Waals surface area (Å²) >= 11 is 0. The Labute approximate surface area is 97.8 Å². The van der Waals surface area contributed by atoms with E-state index in [1.807, 2.05) is 5.43 Å². The molecular weight excluding hydrogens is 222 g/mol. The summed E-state index contributed by atoms with van der Waals surface area (Å²) in [6.45, 7) is 0. The van der Waals surface area contributed by atoms with Gasteiger partial charge in [0.05, 0.1) is 12.8 Å². The number of nitriles is 1. The number of nitrogens with two attached hydrogens (primary N) is 1. The van der Waals surface area contributed by atoms with E-state index in [4.69, 9.17) is 15.8 Å². The molecule has 0 fully saturated rings. The summed E-state index contributed by atoms with van der Waals surface area (Å²) in [7, 11) is 1.56. The van der Waals surface area contributed by atoms with E-state index in [1.165, 1.54) is 0 Å². The van der Waals surface area contributed by atoms with Crippen molar-refractivity contribution in [1.29, 1.82) is 5.26 Å². The Morgan fingerprint density at radius 3 is 2.59 bits per heavy atom. The second-order valence-electron chi connectivity index (χ2n) is 2.89. The molecule has 7 heteroatoms. The molecule has 1 aromatic rings. The quantitative estimate of drug-likeness (QED) is 0.293. The fourth-order valence-electron chi connectivity index (χ4n) is 0.981. The fraction of sp³-hybridized carbons (Fsp3) is 0.100. The first kappa shape index (κ1) is 12.5. The zero-order chi connectivity index (χ0) is 12.7. The average molecular weight is 233 g/mol. The molecule has 0 bridgehead atoms. The molecule has 0 atom stereocenters. The number of nitrogens with zero attached hydrogens (tertiary/aromatic N) is 2. The molecule has 1 aromatic carbocycles. The van der Waals surface area contributed by atoms with Crippen LogP contribution < -0.4 is 21.4 Å². The maximum atomic E-state index is 11.0. The number of hydrazone groups is 1. The normalized spacial score (nSPS) is 10.3. The standard InChI is InChI=1S/C10H11N5O2/c1-17-8-4-2-7(3-5-8)14-15-9(6-11)10(16)13-12/h2-5,14H,12H2,1H3,(H,13,16)/b15-9+. The average Bonchev–Trinajstić information content (AvgIpc) is 2.39. The highest BCUT2D eigenvalue weighted by Gasteiger charge is 2.08. The second-order valence-corrected chi connectivity index (χ2v) is 2.89. The number of carbonyl (C=O) groups excluding carboxylic acids is 1. The highest BCUT2D eigenvalue weighted by Crippen LogP contribution is 2.14. The number of ether oxygens (including phenoxy) is 1. The van der Waals surface area contributed by atoms with Gasteiger partial charge in [-0.3, -0.25) is 15.6 Å². The van der Waals surface area contributed by atoms with Crippen LogP contribution in [0.25, 0.3) is 0 Å². The number of hydrogen-bond donors (Lipinski definition) is 3. The van der Waals surface area contributed by atoms with Gasteiger partial charge in [0.2, 0.25) is 5.71 Å². The Bertz CT molecular complexity index is 461. The maximum Gasteiger partial charge on any atom is 0.296 e. The van der Waals surface area contributed by atoms with Crippen molar-refractivity contribution in [2.24, 2.45) is 10.9 Å². The number of amides is 1. The minimum atomic E-state index is -0.756. The molecule has 0 unspecified atom stereocenters. The zero-order valence-electron chi connectivity index (χ0n) is 9.10. The SMILES string of the molecule is COc1ccc(N/N=C(\C#N)C(=O)NN)cc1. The summed E-state index contributed by atoms with van der Waals surface area (Å²) in [5.41, 5.74) is 4.63. The highest BCUT2D eigenvalue weighted by molar-refractivity contribution is 6.45. The molecule has 88 valence electrons. The summed E-state index contributed by atoms with van der Waals surface area (Å²) < 4.78 is 4.97. The Balaban J connectivity index is 2.74. The van der Waals surface area contributed by atoms with Crippen molar-refractivity contribution in [3.8, 4) is 11.8 Å². The lowest BCUT2D eigenvalue weighted by molar-refractivity contribution is -0.114. The van der Waals surface area contributed by atoms with E-state index in [-0.39, 0.29) is 5.71 Å². The Hall–Kier alpha value is -2.59. The van der Waals surface area contributed by atoms with Gasteiger partial charge in [-0.25, -0.2) is 5.84 Å². The van der Waals surface area contributed by atoms with Crippen LogP contribution in [-0.4, -0.2) is 18.7 Å². The van der Waals surface area contributed by atoms with E-state index in [9.17, 15) is 4.79 Å². The van der Waals surface area contributed by atoms with Gasteiger partial charge < -0.3 is 4.74 Å². The van der Waals surface area contributed by atoms with Crippen molar-refractivity contribution in [3.63, 3.8) is 0 Å².